The van der Waals surface area contributed by atoms with Crippen LogP contribution in [0.2, 0.25) is 0 Å². The van der Waals surface area contributed by atoms with Crippen molar-refractivity contribution in [1.82, 2.24) is 10.3 Å². The second-order valence-electron chi connectivity index (χ2n) is 4.42. The Morgan fingerprint density at radius 2 is 1.90 bits per heavy atom. The first kappa shape index (κ1) is 14.8. The lowest BCUT2D eigenvalue weighted by Crippen LogP contribution is -2.28. The zero-order valence-corrected chi connectivity index (χ0v) is 11.8. The molecule has 6 heteroatoms. The van der Waals surface area contributed by atoms with E-state index in [0.717, 1.165) is 16.8 Å². The molecule has 2 rings (SSSR count). The first-order valence-electron chi connectivity index (χ1n) is 6.54. The molecule has 0 atom stereocenters. The van der Waals surface area contributed by atoms with E-state index in [1.807, 2.05) is 30.3 Å². The normalized spacial score (nSPS) is 10.0. The summed E-state index contributed by atoms with van der Waals surface area (Å²) in [7, 11) is 1.56. The highest BCUT2D eigenvalue weighted by Gasteiger charge is 2.02. The topological polar surface area (TPSA) is 89.3 Å². The summed E-state index contributed by atoms with van der Waals surface area (Å²) in [6.07, 6.45) is 1.66. The second kappa shape index (κ2) is 7.25. The number of nitrogens with one attached hydrogen (secondary N) is 2. The van der Waals surface area contributed by atoms with Gasteiger partial charge in [0.25, 0.3) is 0 Å². The van der Waals surface area contributed by atoms with Gasteiger partial charge >= 0.3 is 6.03 Å². The molecule has 0 unspecified atom stereocenters. The second-order valence-corrected chi connectivity index (χ2v) is 4.42. The van der Waals surface area contributed by atoms with Gasteiger partial charge in [-0.2, -0.15) is 0 Å². The minimum Gasteiger partial charge on any atom is -0.481 e. The molecule has 6 nitrogen and oxygen atoms in total. The van der Waals surface area contributed by atoms with Crippen molar-refractivity contribution >= 4 is 11.7 Å². The number of benzene rings is 1. The number of aromatic nitrogens is 1. The number of carbonyl (C=O) groups excluding carboxylic acids is 1. The van der Waals surface area contributed by atoms with Crippen molar-refractivity contribution in [2.24, 2.45) is 5.73 Å². The fourth-order valence-electron chi connectivity index (χ4n) is 1.72. The molecule has 0 saturated carbocycles. The molecule has 0 aliphatic heterocycles. The van der Waals surface area contributed by atoms with Gasteiger partial charge in [-0.3, -0.25) is 0 Å². The number of amides is 2. The minimum atomic E-state index is -0.272. The molecular weight excluding hydrogens is 268 g/mol. The van der Waals surface area contributed by atoms with Crippen LogP contribution in [-0.2, 0) is 13.1 Å². The highest BCUT2D eigenvalue weighted by atomic mass is 16.5. The summed E-state index contributed by atoms with van der Waals surface area (Å²) < 4.78 is 4.97. The number of nitrogens with zero attached hydrogens (tertiary/aromatic N) is 1. The van der Waals surface area contributed by atoms with Gasteiger partial charge in [0, 0.05) is 31.0 Å². The quantitative estimate of drug-likeness (QED) is 0.782. The van der Waals surface area contributed by atoms with Crippen LogP contribution in [0.25, 0.3) is 0 Å². The van der Waals surface area contributed by atoms with E-state index >= 15 is 0 Å². The number of nitrogens with two attached hydrogens (primary N) is 1. The number of anilines is 1. The van der Waals surface area contributed by atoms with Crippen LogP contribution in [0.4, 0.5) is 10.5 Å². The molecule has 0 aliphatic rings. The van der Waals surface area contributed by atoms with E-state index in [4.69, 9.17) is 10.5 Å². The van der Waals surface area contributed by atoms with E-state index in [9.17, 15) is 4.79 Å². The Morgan fingerprint density at radius 3 is 2.48 bits per heavy atom. The van der Waals surface area contributed by atoms with Crippen LogP contribution < -0.4 is 21.1 Å². The maximum atomic E-state index is 11.8. The molecule has 0 spiro atoms. The Bertz CT molecular complexity index is 582. The Balaban J connectivity index is 1.83. The predicted octanol–water partition coefficient (Wildman–Crippen LogP) is 1.87. The van der Waals surface area contributed by atoms with E-state index in [2.05, 4.69) is 15.6 Å². The van der Waals surface area contributed by atoms with Crippen LogP contribution in [0, 0.1) is 0 Å². The number of hydrogen-bond donors (Lipinski definition) is 3. The Morgan fingerprint density at radius 1 is 1.19 bits per heavy atom. The van der Waals surface area contributed by atoms with Crippen molar-refractivity contribution < 1.29 is 9.53 Å². The van der Waals surface area contributed by atoms with E-state index in [0.29, 0.717) is 19.0 Å². The van der Waals surface area contributed by atoms with Crippen LogP contribution in [-0.4, -0.2) is 18.1 Å². The third-order valence-electron chi connectivity index (χ3n) is 2.91. The summed E-state index contributed by atoms with van der Waals surface area (Å²) >= 11 is 0. The lowest BCUT2D eigenvalue weighted by Gasteiger charge is -2.08. The van der Waals surface area contributed by atoms with Crippen LogP contribution in [0.5, 0.6) is 5.88 Å². The fourth-order valence-corrected chi connectivity index (χ4v) is 1.72. The number of pyridine rings is 1. The average Bonchev–Trinajstić information content (AvgIpc) is 2.54. The Hall–Kier alpha value is -2.60. The molecule has 2 aromatic rings. The van der Waals surface area contributed by atoms with Gasteiger partial charge in [-0.25, -0.2) is 9.78 Å². The molecule has 110 valence electrons. The highest BCUT2D eigenvalue weighted by Crippen LogP contribution is 2.09. The van der Waals surface area contributed by atoms with E-state index < -0.39 is 0 Å². The summed E-state index contributed by atoms with van der Waals surface area (Å²) in [5.74, 6) is 0.545. The van der Waals surface area contributed by atoms with Crippen molar-refractivity contribution in [3.63, 3.8) is 0 Å². The maximum absolute atomic E-state index is 11.8. The van der Waals surface area contributed by atoms with Gasteiger partial charge in [0.05, 0.1) is 7.11 Å². The molecule has 2 amide bonds. The zero-order chi connectivity index (χ0) is 15.1. The lowest BCUT2D eigenvalue weighted by atomic mass is 10.2. The van der Waals surface area contributed by atoms with Gasteiger partial charge in [0.2, 0.25) is 5.88 Å². The molecule has 1 heterocycles. The lowest BCUT2D eigenvalue weighted by molar-refractivity contribution is 0.251. The zero-order valence-electron chi connectivity index (χ0n) is 11.8. The molecule has 0 radical (unpaired) electrons. The van der Waals surface area contributed by atoms with E-state index in [1.165, 1.54) is 0 Å². The summed E-state index contributed by atoms with van der Waals surface area (Å²) in [6, 6.07) is 10.7. The number of rotatable bonds is 5. The number of urea groups is 1. The van der Waals surface area contributed by atoms with Gasteiger partial charge in [-0.15, -0.1) is 0 Å². The van der Waals surface area contributed by atoms with Crippen LogP contribution >= 0.6 is 0 Å². The number of hydrogen-bond acceptors (Lipinski definition) is 4. The molecule has 21 heavy (non-hydrogen) atoms. The first-order chi connectivity index (χ1) is 10.2. The molecule has 0 saturated heterocycles. The largest absolute Gasteiger partial charge is 0.481 e. The third kappa shape index (κ3) is 4.47. The molecule has 0 fully saturated rings. The Labute approximate surface area is 123 Å². The van der Waals surface area contributed by atoms with Gasteiger partial charge in [-0.1, -0.05) is 18.2 Å². The maximum Gasteiger partial charge on any atom is 0.319 e. The van der Waals surface area contributed by atoms with Crippen molar-refractivity contribution in [2.45, 2.75) is 13.1 Å². The van der Waals surface area contributed by atoms with Crippen molar-refractivity contribution in [3.05, 3.63) is 53.7 Å². The van der Waals surface area contributed by atoms with Crippen LogP contribution in [0.3, 0.4) is 0 Å². The molecule has 1 aromatic carbocycles. The highest BCUT2D eigenvalue weighted by molar-refractivity contribution is 5.89. The number of methoxy groups -OCH3 is 1. The minimum absolute atomic E-state index is 0.272. The smallest absolute Gasteiger partial charge is 0.319 e. The van der Waals surface area contributed by atoms with Gasteiger partial charge in [-0.05, 0) is 23.3 Å². The summed E-state index contributed by atoms with van der Waals surface area (Å²) in [5.41, 5.74) is 8.15. The third-order valence-corrected chi connectivity index (χ3v) is 2.91. The molecule has 0 aliphatic carbocycles. The molecule has 0 bridgehead atoms. The van der Waals surface area contributed by atoms with E-state index in [-0.39, 0.29) is 6.03 Å². The summed E-state index contributed by atoms with van der Waals surface area (Å²) in [5, 5.41) is 5.51. The van der Waals surface area contributed by atoms with Crippen LogP contribution in [0.1, 0.15) is 11.1 Å². The summed E-state index contributed by atoms with van der Waals surface area (Å²) in [6.45, 7) is 0.876. The van der Waals surface area contributed by atoms with Gasteiger partial charge < -0.3 is 21.1 Å². The van der Waals surface area contributed by atoms with Crippen molar-refractivity contribution in [3.8, 4) is 5.88 Å². The van der Waals surface area contributed by atoms with E-state index in [1.54, 1.807) is 19.4 Å². The monoisotopic (exact) mass is 286 g/mol. The van der Waals surface area contributed by atoms with Crippen molar-refractivity contribution in [1.29, 1.82) is 0 Å². The van der Waals surface area contributed by atoms with Crippen molar-refractivity contribution in [2.75, 3.05) is 12.4 Å². The fraction of sp³-hybridized carbons (Fsp3) is 0.200. The standard InChI is InChI=1S/C15H18N4O2/c1-21-14-7-4-12(9-17-14)10-18-15(20)19-13-5-2-11(8-16)3-6-13/h2-7,9H,8,10,16H2,1H3,(H2,18,19,20). The van der Waals surface area contributed by atoms with Gasteiger partial charge in [0.1, 0.15) is 0 Å². The first-order valence-corrected chi connectivity index (χ1v) is 6.54. The molecule has 4 N–H and O–H groups in total. The van der Waals surface area contributed by atoms with Crippen LogP contribution in [0.15, 0.2) is 42.6 Å². The summed E-state index contributed by atoms with van der Waals surface area (Å²) in [4.78, 5) is 15.8. The number of carbonyl (C=O) groups is 1. The predicted molar refractivity (Wildman–Crippen MR) is 81.0 cm³/mol. The number of ether oxygens (including phenoxy) is 1. The average molecular weight is 286 g/mol. The molecule has 1 aromatic heterocycles. The molecular formula is C15H18N4O2. The van der Waals surface area contributed by atoms with Gasteiger partial charge in [0.15, 0.2) is 0 Å². The Kier molecular flexibility index (Phi) is 5.11. The SMILES string of the molecule is COc1ccc(CNC(=O)Nc2ccc(CN)cc2)cn1.